The lowest BCUT2D eigenvalue weighted by atomic mass is 10.2. The van der Waals surface area contributed by atoms with Gasteiger partial charge in [-0.05, 0) is 11.1 Å². The van der Waals surface area contributed by atoms with E-state index in [0.717, 1.165) is 0 Å². The van der Waals surface area contributed by atoms with Crippen molar-refractivity contribution in [2.45, 2.75) is 13.1 Å². The van der Waals surface area contributed by atoms with Gasteiger partial charge in [-0.1, -0.05) is 12.2 Å². The second-order valence-corrected chi connectivity index (χ2v) is 9.03. The molecule has 4 rings (SSSR count). The molecular weight excluding hydrogens is 678 g/mol. The van der Waals surface area contributed by atoms with Crippen molar-refractivity contribution in [2.75, 3.05) is 13.1 Å². The maximum Gasteiger partial charge on any atom is 0.328 e. The lowest BCUT2D eigenvalue weighted by molar-refractivity contribution is -0.378. The van der Waals surface area contributed by atoms with E-state index in [1.54, 1.807) is 9.97 Å². The maximum absolute atomic E-state index is 12.8. The van der Waals surface area contributed by atoms with Gasteiger partial charge in [0.05, 0.1) is 37.4 Å². The molecule has 22 heteroatoms. The predicted octanol–water partition coefficient (Wildman–Crippen LogP) is -7.08. The van der Waals surface area contributed by atoms with E-state index in [9.17, 15) is 57.4 Å². The molecule has 0 bridgehead atoms. The zero-order valence-electron chi connectivity index (χ0n) is 25.5. The lowest BCUT2D eigenvalue weighted by Gasteiger charge is -2.07. The molecule has 0 fully saturated rings. The summed E-state index contributed by atoms with van der Waals surface area (Å²) in [5, 5.41) is 23.9. The Kier molecular flexibility index (Phi) is 18.8. The van der Waals surface area contributed by atoms with E-state index in [-0.39, 0.29) is 11.0 Å². The Hall–Kier alpha value is -6.94. The average molecular weight is 709 g/mol. The summed E-state index contributed by atoms with van der Waals surface area (Å²) in [6.45, 7) is -2.67. The molecule has 4 aromatic rings. The van der Waals surface area contributed by atoms with Gasteiger partial charge in [-0.2, -0.15) is 8.78 Å². The molecule has 4 heterocycles. The van der Waals surface area contributed by atoms with Crippen LogP contribution in [0, 0.1) is 11.6 Å². The Morgan fingerprint density at radius 3 is 1.28 bits per heavy atom. The van der Waals surface area contributed by atoms with Crippen molar-refractivity contribution >= 4 is 35.9 Å². The molecule has 0 saturated carbocycles. The molecular formula is C28H30F2N8O12. The van der Waals surface area contributed by atoms with E-state index in [1.807, 2.05) is 59.7 Å². The fraction of sp³-hybridized carbons (Fsp3) is 0.143. The van der Waals surface area contributed by atoms with E-state index in [4.69, 9.17) is 0 Å². The van der Waals surface area contributed by atoms with Crippen LogP contribution in [0.1, 0.15) is 11.1 Å². The third kappa shape index (κ3) is 16.1. The van der Waals surface area contributed by atoms with Crippen LogP contribution >= 0.6 is 0 Å². The quantitative estimate of drug-likeness (QED) is 0.121. The number of hydrogen-bond acceptors (Lipinski definition) is 10. The van der Waals surface area contributed by atoms with Gasteiger partial charge in [0.1, 0.15) is 13.1 Å². The summed E-state index contributed by atoms with van der Waals surface area (Å²) in [7, 11) is 0. The summed E-state index contributed by atoms with van der Waals surface area (Å²) in [5.41, 5.74) is -1.95. The minimum absolute atomic E-state index is 0. The standard InChI is InChI=1S/C12H10N2.2C8H8FN3O5.2H2O/c1(11-3-7-13-8-4-11)2-12-5-9-14-10-6-12;2*9-4-2-12(8(17)11-7(4)16)3-5(13)10-1-6(14)15;;/h1-10H;2*2H,1,3H2,(H,10,13)(H,14,15)(H,11,16,17);2*1H2/b2-1+;;;;. The number of nitrogens with zero attached hydrogens (tertiary/aromatic N) is 2. The number of aliphatic carboxylic acids is 2. The molecule has 0 atom stereocenters. The first-order valence-electron chi connectivity index (χ1n) is 13.3. The number of aromatic amines is 4. The first kappa shape index (κ1) is 43.1. The van der Waals surface area contributed by atoms with Gasteiger partial charge in [0.2, 0.25) is 23.4 Å². The summed E-state index contributed by atoms with van der Waals surface area (Å²) in [4.78, 5) is 95.0. The topological polar surface area (TPSA) is 339 Å². The number of pyridine rings is 2. The van der Waals surface area contributed by atoms with Crippen molar-refractivity contribution in [3.63, 3.8) is 0 Å². The Morgan fingerprint density at radius 1 is 0.660 bits per heavy atom. The molecule has 0 aromatic carbocycles. The molecule has 0 unspecified atom stereocenters. The first-order chi connectivity index (χ1) is 22.7. The Labute approximate surface area is 277 Å². The maximum atomic E-state index is 12.8. The van der Waals surface area contributed by atoms with Crippen molar-refractivity contribution in [2.24, 2.45) is 0 Å². The van der Waals surface area contributed by atoms with Crippen molar-refractivity contribution in [1.29, 1.82) is 0 Å². The van der Waals surface area contributed by atoms with E-state index >= 15 is 0 Å². The number of carboxylic acid groups (broad SMARTS) is 2. The molecule has 0 aliphatic heterocycles. The number of nitrogens with one attached hydrogen (secondary N) is 6. The van der Waals surface area contributed by atoms with Gasteiger partial charge >= 0.3 is 11.4 Å². The molecule has 50 heavy (non-hydrogen) atoms. The highest BCUT2D eigenvalue weighted by molar-refractivity contribution is 5.80. The summed E-state index contributed by atoms with van der Waals surface area (Å²) >= 11 is 0. The van der Waals surface area contributed by atoms with Crippen molar-refractivity contribution in [3.05, 3.63) is 126 Å². The monoisotopic (exact) mass is 708 g/mol. The number of hydrogen-bond donors (Lipinski definition) is 4. The third-order valence-electron chi connectivity index (χ3n) is 5.38. The highest BCUT2D eigenvalue weighted by Gasteiger charge is 2.09. The molecule has 0 spiro atoms. The van der Waals surface area contributed by atoms with E-state index in [1.165, 1.54) is 11.1 Å². The molecule has 0 aliphatic carbocycles. The van der Waals surface area contributed by atoms with Crippen LogP contribution in [-0.2, 0) is 32.3 Å². The minimum Gasteiger partial charge on any atom is -0.548 e. The smallest absolute Gasteiger partial charge is 0.328 e. The number of halogens is 2. The Balaban J connectivity index is 0.000000709. The summed E-state index contributed by atoms with van der Waals surface area (Å²) < 4.78 is 26.8. The lowest BCUT2D eigenvalue weighted by Crippen LogP contribution is -2.41. The Bertz CT molecular complexity index is 1850. The number of carboxylic acids is 2. The van der Waals surface area contributed by atoms with Gasteiger partial charge in [0, 0.05) is 24.3 Å². The number of carbonyl (C=O) groups is 4. The Morgan fingerprint density at radius 2 is 0.980 bits per heavy atom. The van der Waals surface area contributed by atoms with Gasteiger partial charge in [0.15, 0.2) is 24.8 Å². The van der Waals surface area contributed by atoms with Crippen LogP contribution in [0.2, 0.25) is 0 Å². The SMILES string of the molecule is C(=C\c1cc[nH+]cc1)/c1cc[nH+]cc1.O.O.O=C([O-])CNC(=O)Cn1cc(F)c(=O)[nH]c1=O.O=C([O-])CNC(=O)Cn1cc(F)c(=O)[nH]c1=O. The van der Waals surface area contributed by atoms with Crippen LogP contribution in [0.3, 0.4) is 0 Å². The van der Waals surface area contributed by atoms with Gasteiger partial charge in [-0.15, -0.1) is 0 Å². The zero-order chi connectivity index (χ0) is 35.6. The molecule has 10 N–H and O–H groups in total. The molecule has 4 aromatic heterocycles. The van der Waals surface area contributed by atoms with Gasteiger partial charge in [-0.3, -0.25) is 38.3 Å². The number of rotatable bonds is 10. The fourth-order valence-corrected chi connectivity index (χ4v) is 3.18. The summed E-state index contributed by atoms with van der Waals surface area (Å²) in [6, 6.07) is 8.13. The largest absolute Gasteiger partial charge is 0.548 e. The number of amides is 2. The van der Waals surface area contributed by atoms with Crippen LogP contribution in [0.25, 0.3) is 12.2 Å². The van der Waals surface area contributed by atoms with Crippen LogP contribution < -0.4 is 53.3 Å². The van der Waals surface area contributed by atoms with Crippen LogP contribution in [-0.4, -0.2) is 66.9 Å². The van der Waals surface area contributed by atoms with Crippen molar-refractivity contribution in [1.82, 2.24) is 29.7 Å². The number of H-pyrrole nitrogens is 4. The number of aromatic nitrogens is 6. The summed E-state index contributed by atoms with van der Waals surface area (Å²) in [5.74, 6) is -7.11. The van der Waals surface area contributed by atoms with Crippen molar-refractivity contribution in [3.8, 4) is 0 Å². The van der Waals surface area contributed by atoms with E-state index in [2.05, 4.69) is 22.1 Å². The van der Waals surface area contributed by atoms with Crippen LogP contribution in [0.5, 0.6) is 0 Å². The van der Waals surface area contributed by atoms with E-state index < -0.39 is 84.1 Å². The normalized spacial score (nSPS) is 9.72. The minimum atomic E-state index is -1.50. The number of carbonyl (C=O) groups excluding carboxylic acids is 4. The van der Waals surface area contributed by atoms with Gasteiger partial charge in [-0.25, -0.2) is 19.6 Å². The third-order valence-corrected chi connectivity index (χ3v) is 5.38. The van der Waals surface area contributed by atoms with Gasteiger partial charge < -0.3 is 41.4 Å². The molecule has 268 valence electrons. The average Bonchev–Trinajstić information content (AvgIpc) is 3.05. The summed E-state index contributed by atoms with van der Waals surface area (Å²) in [6.07, 6.45) is 12.9. The van der Waals surface area contributed by atoms with Crippen LogP contribution in [0.4, 0.5) is 8.78 Å². The first-order valence-corrected chi connectivity index (χ1v) is 13.3. The molecule has 0 radical (unpaired) electrons. The predicted molar refractivity (Wildman–Crippen MR) is 161 cm³/mol. The molecule has 2 amide bonds. The second-order valence-electron chi connectivity index (χ2n) is 9.03. The highest BCUT2D eigenvalue weighted by atomic mass is 19.1. The zero-order valence-corrected chi connectivity index (χ0v) is 25.5. The fourth-order valence-electron chi connectivity index (χ4n) is 3.18. The second kappa shape index (κ2) is 21.8. The van der Waals surface area contributed by atoms with Crippen LogP contribution in [0.15, 0.2) is 80.6 Å². The molecule has 20 nitrogen and oxygen atoms in total. The van der Waals surface area contributed by atoms with Crippen molar-refractivity contribution < 1.29 is 59.1 Å². The molecule has 0 aliphatic rings. The van der Waals surface area contributed by atoms with E-state index in [0.29, 0.717) is 21.5 Å². The molecule has 0 saturated heterocycles. The highest BCUT2D eigenvalue weighted by Crippen LogP contribution is 2.04. The van der Waals surface area contributed by atoms with Gasteiger partial charge in [0.25, 0.3) is 11.1 Å².